The summed E-state index contributed by atoms with van der Waals surface area (Å²) < 4.78 is 0. The van der Waals surface area contributed by atoms with Gasteiger partial charge >= 0.3 is 0 Å². The first-order valence-corrected chi connectivity index (χ1v) is 12.5. The van der Waals surface area contributed by atoms with Crippen molar-refractivity contribution in [2.75, 3.05) is 23.3 Å². The van der Waals surface area contributed by atoms with Crippen molar-refractivity contribution in [1.29, 1.82) is 0 Å². The third-order valence-corrected chi connectivity index (χ3v) is 6.69. The molecule has 3 heterocycles. The lowest BCUT2D eigenvalue weighted by molar-refractivity contribution is -0.116. The Labute approximate surface area is 199 Å². The number of hydrogen-bond acceptors (Lipinski definition) is 5. The van der Waals surface area contributed by atoms with Crippen molar-refractivity contribution in [1.82, 2.24) is 10.3 Å². The number of nitrogens with one attached hydrogen (secondary N) is 2. The van der Waals surface area contributed by atoms with Gasteiger partial charge in [0.15, 0.2) is 0 Å². The SMILES string of the molecule is O=C(CCCc1cccs1)Nc1cccc(C(=O)NCc2ccc(N3CCCCC3)nc2)c1. The van der Waals surface area contributed by atoms with E-state index in [1.54, 1.807) is 35.6 Å². The summed E-state index contributed by atoms with van der Waals surface area (Å²) in [6.07, 6.45) is 7.72. The Morgan fingerprint density at radius 3 is 2.67 bits per heavy atom. The molecule has 1 saturated heterocycles. The number of rotatable bonds is 9. The maximum absolute atomic E-state index is 12.6. The molecule has 2 amide bonds. The minimum atomic E-state index is -0.177. The summed E-state index contributed by atoms with van der Waals surface area (Å²) in [4.78, 5) is 33.0. The maximum Gasteiger partial charge on any atom is 0.251 e. The predicted octanol–water partition coefficient (Wildman–Crippen LogP) is 5.02. The largest absolute Gasteiger partial charge is 0.357 e. The molecule has 0 unspecified atom stereocenters. The van der Waals surface area contributed by atoms with Crippen LogP contribution >= 0.6 is 11.3 Å². The fraction of sp³-hybridized carbons (Fsp3) is 0.346. The van der Waals surface area contributed by atoms with Crippen LogP contribution < -0.4 is 15.5 Å². The monoisotopic (exact) mass is 462 g/mol. The number of hydrogen-bond donors (Lipinski definition) is 2. The van der Waals surface area contributed by atoms with Crippen molar-refractivity contribution in [3.8, 4) is 0 Å². The number of carbonyl (C=O) groups excluding carboxylic acids is 2. The topological polar surface area (TPSA) is 74.3 Å². The van der Waals surface area contributed by atoms with E-state index < -0.39 is 0 Å². The molecule has 4 rings (SSSR count). The Morgan fingerprint density at radius 1 is 1.03 bits per heavy atom. The van der Waals surface area contributed by atoms with Crippen molar-refractivity contribution in [2.45, 2.75) is 45.1 Å². The van der Waals surface area contributed by atoms with Gasteiger partial charge in [-0.2, -0.15) is 0 Å². The molecule has 1 aromatic carbocycles. The lowest BCUT2D eigenvalue weighted by atomic mass is 10.1. The molecule has 6 nitrogen and oxygen atoms in total. The first kappa shape index (κ1) is 23.0. The van der Waals surface area contributed by atoms with Gasteiger partial charge in [0.25, 0.3) is 5.91 Å². The highest BCUT2D eigenvalue weighted by atomic mass is 32.1. The highest BCUT2D eigenvalue weighted by Gasteiger charge is 2.12. The van der Waals surface area contributed by atoms with Gasteiger partial charge in [-0.25, -0.2) is 4.98 Å². The third-order valence-electron chi connectivity index (χ3n) is 5.76. The molecule has 0 atom stereocenters. The van der Waals surface area contributed by atoms with Crippen LogP contribution in [0.15, 0.2) is 60.1 Å². The Kier molecular flexibility index (Phi) is 8.09. The molecular formula is C26H30N4O2S. The van der Waals surface area contributed by atoms with Gasteiger partial charge in [0, 0.05) is 48.4 Å². The number of carbonyl (C=O) groups is 2. The Morgan fingerprint density at radius 2 is 1.91 bits per heavy atom. The van der Waals surface area contributed by atoms with E-state index in [1.165, 1.54) is 24.1 Å². The zero-order valence-electron chi connectivity index (χ0n) is 18.8. The van der Waals surface area contributed by atoms with Crippen LogP contribution in [0.1, 0.15) is 52.9 Å². The van der Waals surface area contributed by atoms with Crippen molar-refractivity contribution < 1.29 is 9.59 Å². The molecule has 2 N–H and O–H groups in total. The van der Waals surface area contributed by atoms with Gasteiger partial charge in [-0.3, -0.25) is 9.59 Å². The normalized spacial score (nSPS) is 13.5. The summed E-state index contributed by atoms with van der Waals surface area (Å²) in [6, 6.07) is 15.2. The van der Waals surface area contributed by atoms with Crippen molar-refractivity contribution in [3.05, 3.63) is 76.1 Å². The standard InChI is InChI=1S/C26H30N4O2S/c31-25(11-5-9-23-10-6-16-33-23)29-22-8-4-7-21(17-22)26(32)28-19-20-12-13-24(27-18-20)30-14-2-1-3-15-30/h4,6-8,10,12-13,16-18H,1-3,5,9,11,14-15,19H2,(H,28,32)(H,29,31). The Balaban J connectivity index is 1.24. The number of amides is 2. The van der Waals surface area contributed by atoms with E-state index in [0.717, 1.165) is 37.3 Å². The van der Waals surface area contributed by atoms with Crippen LogP contribution in [0, 0.1) is 0 Å². The van der Waals surface area contributed by atoms with Gasteiger partial charge in [0.05, 0.1) is 0 Å². The minimum absolute atomic E-state index is 0.0380. The van der Waals surface area contributed by atoms with Gasteiger partial charge in [-0.1, -0.05) is 18.2 Å². The summed E-state index contributed by atoms with van der Waals surface area (Å²) in [5.74, 6) is 0.788. The van der Waals surface area contributed by atoms with E-state index in [2.05, 4.69) is 26.6 Å². The smallest absolute Gasteiger partial charge is 0.251 e. The first-order valence-electron chi connectivity index (χ1n) is 11.6. The van der Waals surface area contributed by atoms with Crippen LogP contribution in [-0.2, 0) is 17.8 Å². The van der Waals surface area contributed by atoms with E-state index in [0.29, 0.717) is 24.2 Å². The molecule has 1 fully saturated rings. The van der Waals surface area contributed by atoms with E-state index in [4.69, 9.17) is 0 Å². The molecule has 0 aliphatic carbocycles. The average molecular weight is 463 g/mol. The van der Waals surface area contributed by atoms with Crippen LogP contribution in [0.3, 0.4) is 0 Å². The second-order valence-corrected chi connectivity index (χ2v) is 9.35. The number of nitrogens with zero attached hydrogens (tertiary/aromatic N) is 2. The highest BCUT2D eigenvalue weighted by molar-refractivity contribution is 7.09. The number of piperidine rings is 1. The predicted molar refractivity (Wildman–Crippen MR) is 134 cm³/mol. The van der Waals surface area contributed by atoms with Crippen molar-refractivity contribution in [3.63, 3.8) is 0 Å². The molecule has 33 heavy (non-hydrogen) atoms. The summed E-state index contributed by atoms with van der Waals surface area (Å²) in [7, 11) is 0. The molecule has 0 saturated carbocycles. The number of thiophene rings is 1. The van der Waals surface area contributed by atoms with Crippen LogP contribution in [-0.4, -0.2) is 29.9 Å². The third kappa shape index (κ3) is 6.89. The second-order valence-electron chi connectivity index (χ2n) is 8.32. The maximum atomic E-state index is 12.6. The van der Waals surface area contributed by atoms with Crippen LogP contribution in [0.5, 0.6) is 0 Å². The second kappa shape index (κ2) is 11.6. The van der Waals surface area contributed by atoms with E-state index in [9.17, 15) is 9.59 Å². The quantitative estimate of drug-likeness (QED) is 0.468. The van der Waals surface area contributed by atoms with Gasteiger partial charge in [0.2, 0.25) is 5.91 Å². The molecule has 2 aromatic heterocycles. The first-order chi connectivity index (χ1) is 16.2. The number of anilines is 2. The van der Waals surface area contributed by atoms with Crippen LogP contribution in [0.4, 0.5) is 11.5 Å². The summed E-state index contributed by atoms with van der Waals surface area (Å²) in [6.45, 7) is 2.53. The van der Waals surface area contributed by atoms with Gasteiger partial charge in [0.1, 0.15) is 5.82 Å². The lowest BCUT2D eigenvalue weighted by Gasteiger charge is -2.27. The van der Waals surface area contributed by atoms with Crippen LogP contribution in [0.2, 0.25) is 0 Å². The zero-order valence-corrected chi connectivity index (χ0v) is 19.6. The van der Waals surface area contributed by atoms with Crippen molar-refractivity contribution >= 4 is 34.7 Å². The molecule has 0 bridgehead atoms. The fourth-order valence-electron chi connectivity index (χ4n) is 3.96. The Bertz CT molecular complexity index is 1040. The average Bonchev–Trinajstić information content (AvgIpc) is 3.37. The van der Waals surface area contributed by atoms with E-state index >= 15 is 0 Å². The molecule has 7 heteroatoms. The highest BCUT2D eigenvalue weighted by Crippen LogP contribution is 2.18. The molecule has 3 aromatic rings. The number of pyridine rings is 1. The molecular weight excluding hydrogens is 432 g/mol. The molecule has 0 spiro atoms. The summed E-state index contributed by atoms with van der Waals surface area (Å²) in [5, 5.41) is 7.89. The Hall–Kier alpha value is -3.19. The number of aromatic nitrogens is 1. The van der Waals surface area contributed by atoms with E-state index in [-0.39, 0.29) is 11.8 Å². The molecule has 1 aliphatic heterocycles. The van der Waals surface area contributed by atoms with Crippen LogP contribution in [0.25, 0.3) is 0 Å². The lowest BCUT2D eigenvalue weighted by Crippen LogP contribution is -2.30. The summed E-state index contributed by atoms with van der Waals surface area (Å²) >= 11 is 1.71. The summed E-state index contributed by atoms with van der Waals surface area (Å²) in [5.41, 5.74) is 2.11. The number of benzene rings is 1. The van der Waals surface area contributed by atoms with Gasteiger partial charge in [-0.15, -0.1) is 11.3 Å². The zero-order chi connectivity index (χ0) is 22.9. The van der Waals surface area contributed by atoms with E-state index in [1.807, 2.05) is 29.8 Å². The molecule has 0 radical (unpaired) electrons. The van der Waals surface area contributed by atoms with Crippen molar-refractivity contribution in [2.24, 2.45) is 0 Å². The van der Waals surface area contributed by atoms with Gasteiger partial charge in [-0.05, 0) is 73.4 Å². The molecule has 172 valence electrons. The number of aryl methyl sites for hydroxylation is 1. The van der Waals surface area contributed by atoms with Gasteiger partial charge < -0.3 is 15.5 Å². The molecule has 1 aliphatic rings. The fourth-order valence-corrected chi connectivity index (χ4v) is 4.71. The minimum Gasteiger partial charge on any atom is -0.357 e.